The van der Waals surface area contributed by atoms with Gasteiger partial charge in [0.25, 0.3) is 0 Å². The van der Waals surface area contributed by atoms with Crippen LogP contribution in [0.3, 0.4) is 0 Å². The van der Waals surface area contributed by atoms with E-state index in [1.807, 2.05) is 19.0 Å². The van der Waals surface area contributed by atoms with E-state index in [2.05, 4.69) is 55.2 Å². The molecule has 0 bridgehead atoms. The lowest BCUT2D eigenvalue weighted by Gasteiger charge is -2.22. The lowest BCUT2D eigenvalue weighted by Crippen LogP contribution is -2.36. The molecule has 0 fully saturated rings. The first-order chi connectivity index (χ1) is 23.1. The second-order valence-corrected chi connectivity index (χ2v) is 13.7. The molecule has 0 aliphatic carbocycles. The van der Waals surface area contributed by atoms with Crippen molar-refractivity contribution in [3.63, 3.8) is 0 Å². The fourth-order valence-corrected chi connectivity index (χ4v) is 5.59. The van der Waals surface area contributed by atoms with Crippen molar-refractivity contribution >= 4 is 6.09 Å². The van der Waals surface area contributed by atoms with Gasteiger partial charge in [0.2, 0.25) is 0 Å². The first-order valence-electron chi connectivity index (χ1n) is 20.2. The number of carbonyl (C=O) groups excluding carboxylic acids is 1. The van der Waals surface area contributed by atoms with Crippen LogP contribution in [0, 0.1) is 0 Å². The lowest BCUT2D eigenvalue weighted by molar-refractivity contribution is 0.0716. The van der Waals surface area contributed by atoms with E-state index in [9.17, 15) is 4.79 Å². The summed E-state index contributed by atoms with van der Waals surface area (Å²) in [6, 6.07) is 0. The molecule has 47 heavy (non-hydrogen) atoms. The molecule has 0 N–H and O–H groups in total. The highest BCUT2D eigenvalue weighted by Crippen LogP contribution is 2.11. The van der Waals surface area contributed by atoms with E-state index in [1.54, 1.807) is 0 Å². The van der Waals surface area contributed by atoms with Gasteiger partial charge in [0, 0.05) is 26.2 Å². The standard InChI is InChI=1S/C42H80N2O3/c1-5-7-9-11-13-15-17-19-21-22-23-25-27-29-31-33-37-44(42(45)47-40-35-36-43(3)4)38-41-46-39-34-32-30-28-26-24-20-18-16-14-12-10-8-6-2/h13,15-16,18-19,21H,5-12,14,17,20,22-41H2,1-4H3/b15-13-,18-16-,21-19-. The maximum absolute atomic E-state index is 12.8. The van der Waals surface area contributed by atoms with Crippen molar-refractivity contribution in [2.45, 2.75) is 174 Å². The minimum absolute atomic E-state index is 0.179. The van der Waals surface area contributed by atoms with Gasteiger partial charge < -0.3 is 19.3 Å². The molecule has 0 rings (SSSR count). The molecule has 276 valence electrons. The summed E-state index contributed by atoms with van der Waals surface area (Å²) in [6.07, 6.45) is 45.0. The van der Waals surface area contributed by atoms with E-state index in [0.29, 0.717) is 19.8 Å². The van der Waals surface area contributed by atoms with Crippen molar-refractivity contribution in [2.24, 2.45) is 0 Å². The molecule has 0 saturated heterocycles. The van der Waals surface area contributed by atoms with Gasteiger partial charge >= 0.3 is 6.09 Å². The molecule has 0 saturated carbocycles. The van der Waals surface area contributed by atoms with Crippen molar-refractivity contribution in [3.05, 3.63) is 36.5 Å². The molecule has 0 aromatic heterocycles. The van der Waals surface area contributed by atoms with Crippen LogP contribution in [0.4, 0.5) is 4.79 Å². The maximum Gasteiger partial charge on any atom is 0.409 e. The second-order valence-electron chi connectivity index (χ2n) is 13.7. The third-order valence-electron chi connectivity index (χ3n) is 8.67. The average molecular weight is 661 g/mol. The molecule has 0 aromatic carbocycles. The molecule has 0 radical (unpaired) electrons. The zero-order valence-corrected chi connectivity index (χ0v) is 32.0. The van der Waals surface area contributed by atoms with Crippen molar-refractivity contribution < 1.29 is 14.3 Å². The Balaban J connectivity index is 3.97. The van der Waals surface area contributed by atoms with E-state index >= 15 is 0 Å². The number of nitrogens with zero attached hydrogens (tertiary/aromatic N) is 2. The van der Waals surface area contributed by atoms with E-state index < -0.39 is 0 Å². The Kier molecular flexibility index (Phi) is 37.5. The third kappa shape index (κ3) is 37.1. The first kappa shape index (κ1) is 45.4. The van der Waals surface area contributed by atoms with Gasteiger partial charge in [-0.15, -0.1) is 0 Å². The van der Waals surface area contributed by atoms with Crippen LogP contribution in [0.1, 0.15) is 174 Å². The number of carbonyl (C=O) groups is 1. The van der Waals surface area contributed by atoms with E-state index in [-0.39, 0.29) is 6.09 Å². The number of hydrogen-bond acceptors (Lipinski definition) is 4. The van der Waals surface area contributed by atoms with Crippen LogP contribution < -0.4 is 0 Å². The second kappa shape index (κ2) is 38.9. The molecule has 0 aromatic rings. The number of amides is 1. The summed E-state index contributed by atoms with van der Waals surface area (Å²) in [5.41, 5.74) is 0. The molecule has 0 aliphatic heterocycles. The van der Waals surface area contributed by atoms with Gasteiger partial charge in [-0.25, -0.2) is 4.79 Å². The van der Waals surface area contributed by atoms with E-state index in [0.717, 1.165) is 45.4 Å². The number of allylic oxidation sites excluding steroid dienone is 6. The molecule has 0 atom stereocenters. The molecule has 1 amide bonds. The van der Waals surface area contributed by atoms with Gasteiger partial charge in [-0.05, 0) is 91.1 Å². The predicted octanol–water partition coefficient (Wildman–Crippen LogP) is 12.5. The Morgan fingerprint density at radius 3 is 1.51 bits per heavy atom. The fraction of sp³-hybridized carbons (Fsp3) is 0.833. The van der Waals surface area contributed by atoms with Crippen LogP contribution in [-0.4, -0.2) is 69.4 Å². The Morgan fingerprint density at radius 1 is 0.468 bits per heavy atom. The predicted molar refractivity (Wildman–Crippen MR) is 206 cm³/mol. The van der Waals surface area contributed by atoms with Crippen LogP contribution in [0.15, 0.2) is 36.5 Å². The van der Waals surface area contributed by atoms with Crippen LogP contribution in [0.5, 0.6) is 0 Å². The van der Waals surface area contributed by atoms with Gasteiger partial charge in [-0.2, -0.15) is 0 Å². The monoisotopic (exact) mass is 661 g/mol. The van der Waals surface area contributed by atoms with E-state index in [4.69, 9.17) is 9.47 Å². The summed E-state index contributed by atoms with van der Waals surface area (Å²) >= 11 is 0. The largest absolute Gasteiger partial charge is 0.449 e. The molecule has 5 nitrogen and oxygen atoms in total. The minimum Gasteiger partial charge on any atom is -0.449 e. The number of ether oxygens (including phenoxy) is 2. The molecule has 0 aliphatic rings. The molecule has 5 heteroatoms. The Labute approximate surface area is 294 Å². The van der Waals surface area contributed by atoms with Crippen LogP contribution in [-0.2, 0) is 9.47 Å². The highest BCUT2D eigenvalue weighted by molar-refractivity contribution is 5.67. The third-order valence-corrected chi connectivity index (χ3v) is 8.67. The average Bonchev–Trinajstić information content (AvgIpc) is 3.06. The zero-order valence-electron chi connectivity index (χ0n) is 32.0. The number of rotatable bonds is 36. The van der Waals surface area contributed by atoms with Gasteiger partial charge in [-0.3, -0.25) is 0 Å². The van der Waals surface area contributed by atoms with Crippen LogP contribution >= 0.6 is 0 Å². The summed E-state index contributed by atoms with van der Waals surface area (Å²) in [5, 5.41) is 0. The van der Waals surface area contributed by atoms with Gasteiger partial charge in [-0.1, -0.05) is 134 Å². The summed E-state index contributed by atoms with van der Waals surface area (Å²) in [6.45, 7) is 8.71. The molecular weight excluding hydrogens is 580 g/mol. The Hall–Kier alpha value is -1.59. The number of hydrogen-bond donors (Lipinski definition) is 0. The maximum atomic E-state index is 12.8. The fourth-order valence-electron chi connectivity index (χ4n) is 5.59. The molecule has 0 spiro atoms. The number of unbranched alkanes of at least 4 members (excludes halogenated alkanes) is 19. The first-order valence-corrected chi connectivity index (χ1v) is 20.2. The molecule has 0 heterocycles. The highest BCUT2D eigenvalue weighted by atomic mass is 16.6. The van der Waals surface area contributed by atoms with Crippen molar-refractivity contribution in [1.29, 1.82) is 0 Å². The minimum atomic E-state index is -0.179. The molecule has 0 unspecified atom stereocenters. The molecular formula is C42H80N2O3. The normalized spacial score (nSPS) is 12.0. The topological polar surface area (TPSA) is 42.0 Å². The smallest absolute Gasteiger partial charge is 0.409 e. The Bertz CT molecular complexity index is 719. The zero-order chi connectivity index (χ0) is 34.3. The van der Waals surface area contributed by atoms with E-state index in [1.165, 1.54) is 135 Å². The van der Waals surface area contributed by atoms with Crippen molar-refractivity contribution in [3.8, 4) is 0 Å². The quantitative estimate of drug-likeness (QED) is 0.0495. The van der Waals surface area contributed by atoms with Gasteiger partial charge in [0.05, 0.1) is 13.2 Å². The Morgan fingerprint density at radius 2 is 0.936 bits per heavy atom. The van der Waals surface area contributed by atoms with Gasteiger partial charge in [0.1, 0.15) is 0 Å². The van der Waals surface area contributed by atoms with Crippen LogP contribution in [0.2, 0.25) is 0 Å². The van der Waals surface area contributed by atoms with Crippen molar-refractivity contribution in [1.82, 2.24) is 9.80 Å². The highest BCUT2D eigenvalue weighted by Gasteiger charge is 2.14. The van der Waals surface area contributed by atoms with Crippen LogP contribution in [0.25, 0.3) is 0 Å². The summed E-state index contributed by atoms with van der Waals surface area (Å²) < 4.78 is 11.5. The van der Waals surface area contributed by atoms with Crippen molar-refractivity contribution in [2.75, 3.05) is 53.6 Å². The SMILES string of the molecule is CCCCC/C=C\C/C=C\CCCCCCCCN(CCOCCCCCCCC/C=C\CCCCCC)C(=O)OCCCN(C)C. The van der Waals surface area contributed by atoms with Gasteiger partial charge in [0.15, 0.2) is 0 Å². The summed E-state index contributed by atoms with van der Waals surface area (Å²) in [5.74, 6) is 0. The lowest BCUT2D eigenvalue weighted by atomic mass is 10.1. The summed E-state index contributed by atoms with van der Waals surface area (Å²) in [4.78, 5) is 16.8. The summed E-state index contributed by atoms with van der Waals surface area (Å²) in [7, 11) is 4.10.